The summed E-state index contributed by atoms with van der Waals surface area (Å²) in [6, 6.07) is 4.57. The molecule has 6 heteroatoms. The maximum Gasteiger partial charge on any atom is 0.416 e. The minimum Gasteiger partial charge on any atom is -0.339 e. The highest BCUT2D eigenvalue weighted by Crippen LogP contribution is 2.31. The van der Waals surface area contributed by atoms with Crippen LogP contribution in [0.4, 0.5) is 13.2 Å². The van der Waals surface area contributed by atoms with Gasteiger partial charge in [0.25, 0.3) is 0 Å². The van der Waals surface area contributed by atoms with Gasteiger partial charge in [0.05, 0.1) is 11.6 Å². The Morgan fingerprint density at radius 2 is 1.95 bits per heavy atom. The fourth-order valence-corrected chi connectivity index (χ4v) is 1.84. The van der Waals surface area contributed by atoms with Gasteiger partial charge in [-0.25, -0.2) is 0 Å². The quantitative estimate of drug-likeness (QED) is 0.926. The number of benzene rings is 1. The average Bonchev–Trinajstić information content (AvgIpc) is 2.43. The number of hydrogen-bond donors (Lipinski definition) is 1. The van der Waals surface area contributed by atoms with Gasteiger partial charge in [-0.05, 0) is 24.6 Å². The highest BCUT2D eigenvalue weighted by Gasteiger charge is 2.31. The number of carbonyl (C=O) groups is 1. The van der Waals surface area contributed by atoms with E-state index >= 15 is 0 Å². The second-order valence-electron chi connectivity index (χ2n) is 4.89. The average molecular weight is 288 g/mol. The fraction of sp³-hybridized carbons (Fsp3) is 0.500. The zero-order valence-corrected chi connectivity index (χ0v) is 11.7. The van der Waals surface area contributed by atoms with E-state index in [0.29, 0.717) is 5.56 Å². The number of nitrogens with two attached hydrogens (primary N) is 1. The Hall–Kier alpha value is -1.56. The summed E-state index contributed by atoms with van der Waals surface area (Å²) in [6.45, 7) is 3.59. The van der Waals surface area contributed by atoms with Crippen molar-refractivity contribution in [2.75, 3.05) is 13.6 Å². The lowest BCUT2D eigenvalue weighted by Gasteiger charge is -2.28. The van der Waals surface area contributed by atoms with Gasteiger partial charge in [-0.3, -0.25) is 4.79 Å². The summed E-state index contributed by atoms with van der Waals surface area (Å²) in [5.41, 5.74) is 5.17. The van der Waals surface area contributed by atoms with Gasteiger partial charge in [0, 0.05) is 19.5 Å². The molecule has 0 bridgehead atoms. The van der Waals surface area contributed by atoms with Crippen LogP contribution in [-0.4, -0.2) is 24.4 Å². The van der Waals surface area contributed by atoms with E-state index in [-0.39, 0.29) is 18.4 Å². The molecule has 0 aliphatic carbocycles. The standard InChI is InChI=1S/C14H19F3N2O/c1-9(8-18)13(20)19(3)10(2)11-5-4-6-12(7-11)14(15,16)17/h4-7,9-10H,8,18H2,1-3H3. The van der Waals surface area contributed by atoms with Crippen molar-refractivity contribution in [1.82, 2.24) is 4.90 Å². The van der Waals surface area contributed by atoms with Crippen molar-refractivity contribution in [1.29, 1.82) is 0 Å². The maximum atomic E-state index is 12.7. The van der Waals surface area contributed by atoms with Crippen LogP contribution in [0.5, 0.6) is 0 Å². The van der Waals surface area contributed by atoms with Crippen molar-refractivity contribution in [3.63, 3.8) is 0 Å². The topological polar surface area (TPSA) is 46.3 Å². The van der Waals surface area contributed by atoms with Gasteiger partial charge in [0.1, 0.15) is 0 Å². The molecule has 1 amide bonds. The third-order valence-electron chi connectivity index (χ3n) is 3.40. The first-order valence-electron chi connectivity index (χ1n) is 6.32. The van der Waals surface area contributed by atoms with Crippen molar-refractivity contribution in [2.24, 2.45) is 11.7 Å². The van der Waals surface area contributed by atoms with E-state index in [2.05, 4.69) is 0 Å². The van der Waals surface area contributed by atoms with E-state index in [1.165, 1.54) is 11.0 Å². The van der Waals surface area contributed by atoms with E-state index in [0.717, 1.165) is 12.1 Å². The van der Waals surface area contributed by atoms with Crippen molar-refractivity contribution < 1.29 is 18.0 Å². The molecule has 0 saturated heterocycles. The Kier molecular flexibility index (Phi) is 5.16. The number of hydrogen-bond acceptors (Lipinski definition) is 2. The van der Waals surface area contributed by atoms with Crippen molar-refractivity contribution in [2.45, 2.75) is 26.1 Å². The molecular formula is C14H19F3N2O. The summed E-state index contributed by atoms with van der Waals surface area (Å²) < 4.78 is 38.0. The SMILES string of the molecule is CC(CN)C(=O)N(C)C(C)c1cccc(C(F)(F)F)c1. The van der Waals surface area contributed by atoms with Crippen LogP contribution in [0, 0.1) is 5.92 Å². The van der Waals surface area contributed by atoms with Gasteiger partial charge >= 0.3 is 6.18 Å². The third kappa shape index (κ3) is 3.72. The normalized spacial score (nSPS) is 14.8. The molecule has 1 aromatic rings. The van der Waals surface area contributed by atoms with Crippen LogP contribution in [0.1, 0.15) is 31.0 Å². The number of rotatable bonds is 4. The molecule has 20 heavy (non-hydrogen) atoms. The molecule has 2 unspecified atom stereocenters. The van der Waals surface area contributed by atoms with Crippen molar-refractivity contribution in [3.8, 4) is 0 Å². The molecule has 0 saturated carbocycles. The van der Waals surface area contributed by atoms with Crippen LogP contribution < -0.4 is 5.73 Å². The number of carbonyl (C=O) groups excluding carboxylic acids is 1. The molecule has 0 fully saturated rings. The highest BCUT2D eigenvalue weighted by atomic mass is 19.4. The minimum atomic E-state index is -4.39. The monoisotopic (exact) mass is 288 g/mol. The van der Waals surface area contributed by atoms with Crippen LogP contribution in [0.25, 0.3) is 0 Å². The predicted molar refractivity (Wildman–Crippen MR) is 70.8 cm³/mol. The summed E-state index contributed by atoms with van der Waals surface area (Å²) in [4.78, 5) is 13.4. The van der Waals surface area contributed by atoms with Crippen molar-refractivity contribution in [3.05, 3.63) is 35.4 Å². The molecule has 0 heterocycles. The van der Waals surface area contributed by atoms with E-state index in [4.69, 9.17) is 5.73 Å². The van der Waals surface area contributed by atoms with E-state index in [9.17, 15) is 18.0 Å². The van der Waals surface area contributed by atoms with E-state index in [1.807, 2.05) is 0 Å². The Morgan fingerprint density at radius 3 is 2.45 bits per heavy atom. The lowest BCUT2D eigenvalue weighted by Crippen LogP contribution is -2.36. The molecule has 1 aromatic carbocycles. The van der Waals surface area contributed by atoms with Gasteiger partial charge in [-0.2, -0.15) is 13.2 Å². The summed E-state index contributed by atoms with van der Waals surface area (Å²) in [5, 5.41) is 0. The maximum absolute atomic E-state index is 12.7. The Morgan fingerprint density at radius 1 is 1.35 bits per heavy atom. The first kappa shape index (κ1) is 16.5. The first-order chi connectivity index (χ1) is 9.18. The van der Waals surface area contributed by atoms with Gasteiger partial charge in [-0.15, -0.1) is 0 Å². The molecule has 2 N–H and O–H groups in total. The lowest BCUT2D eigenvalue weighted by molar-refractivity contribution is -0.137. The zero-order chi connectivity index (χ0) is 15.5. The summed E-state index contributed by atoms with van der Waals surface area (Å²) in [6.07, 6.45) is -4.39. The summed E-state index contributed by atoms with van der Waals surface area (Å²) in [5.74, 6) is -0.536. The second-order valence-corrected chi connectivity index (χ2v) is 4.89. The Labute approximate surface area is 116 Å². The fourth-order valence-electron chi connectivity index (χ4n) is 1.84. The van der Waals surface area contributed by atoms with Gasteiger partial charge in [-0.1, -0.05) is 19.1 Å². The van der Waals surface area contributed by atoms with Gasteiger partial charge in [0.15, 0.2) is 0 Å². The lowest BCUT2D eigenvalue weighted by atomic mass is 10.0. The van der Waals surface area contributed by atoms with Crippen LogP contribution in [-0.2, 0) is 11.0 Å². The Bertz CT molecular complexity index is 474. The van der Waals surface area contributed by atoms with E-state index < -0.39 is 17.8 Å². The molecule has 0 aromatic heterocycles. The highest BCUT2D eigenvalue weighted by molar-refractivity contribution is 5.78. The van der Waals surface area contributed by atoms with Crippen LogP contribution >= 0.6 is 0 Å². The predicted octanol–water partition coefficient (Wildman–Crippen LogP) is 2.82. The molecule has 0 aliphatic heterocycles. The summed E-state index contributed by atoms with van der Waals surface area (Å²) in [7, 11) is 1.57. The number of alkyl halides is 3. The first-order valence-corrected chi connectivity index (χ1v) is 6.32. The van der Waals surface area contributed by atoms with Gasteiger partial charge < -0.3 is 10.6 Å². The minimum absolute atomic E-state index is 0.183. The molecule has 2 atom stereocenters. The van der Waals surface area contributed by atoms with E-state index in [1.54, 1.807) is 27.0 Å². The number of halogens is 3. The number of nitrogens with zero attached hydrogens (tertiary/aromatic N) is 1. The van der Waals surface area contributed by atoms with Crippen LogP contribution in [0.2, 0.25) is 0 Å². The van der Waals surface area contributed by atoms with Gasteiger partial charge in [0.2, 0.25) is 5.91 Å². The second kappa shape index (κ2) is 6.26. The molecular weight excluding hydrogens is 269 g/mol. The molecule has 3 nitrogen and oxygen atoms in total. The zero-order valence-electron chi connectivity index (χ0n) is 11.7. The van der Waals surface area contributed by atoms with Crippen molar-refractivity contribution >= 4 is 5.91 Å². The van der Waals surface area contributed by atoms with Crippen LogP contribution in [0.15, 0.2) is 24.3 Å². The largest absolute Gasteiger partial charge is 0.416 e. The molecule has 0 radical (unpaired) electrons. The molecule has 0 aliphatic rings. The molecule has 112 valence electrons. The van der Waals surface area contributed by atoms with Crippen LogP contribution in [0.3, 0.4) is 0 Å². The molecule has 0 spiro atoms. The Balaban J connectivity index is 2.98. The third-order valence-corrected chi connectivity index (χ3v) is 3.40. The summed E-state index contributed by atoms with van der Waals surface area (Å²) >= 11 is 0. The smallest absolute Gasteiger partial charge is 0.339 e. The number of amides is 1. The molecule has 1 rings (SSSR count).